The molecule has 0 unspecified atom stereocenters. The minimum Gasteiger partial charge on any atom is -0.294 e. The van der Waals surface area contributed by atoms with Crippen molar-refractivity contribution in [1.29, 1.82) is 0 Å². The molecule has 0 bridgehead atoms. The monoisotopic (exact) mass is 339 g/mol. The first-order chi connectivity index (χ1) is 10.5. The second kappa shape index (κ2) is 5.94. The molecule has 3 rings (SSSR count). The molecule has 1 aliphatic heterocycles. The molecule has 2 aromatic rings. The number of thiophene rings is 1. The summed E-state index contributed by atoms with van der Waals surface area (Å²) in [7, 11) is -1.74. The summed E-state index contributed by atoms with van der Waals surface area (Å²) >= 11 is 1.21. The van der Waals surface area contributed by atoms with Crippen LogP contribution in [0.15, 0.2) is 34.1 Å². The molecular formula is C14H17N3O3S2. The lowest BCUT2D eigenvalue weighted by Gasteiger charge is -2.22. The number of nitrogens with zero attached hydrogens (tertiary/aromatic N) is 3. The molecule has 0 aromatic carbocycles. The van der Waals surface area contributed by atoms with Gasteiger partial charge < -0.3 is 0 Å². The Balaban J connectivity index is 1.78. The molecule has 2 aromatic heterocycles. The summed E-state index contributed by atoms with van der Waals surface area (Å²) in [5.41, 5.74) is 0.530. The van der Waals surface area contributed by atoms with E-state index in [1.807, 2.05) is 0 Å². The van der Waals surface area contributed by atoms with Crippen LogP contribution in [-0.4, -0.2) is 40.9 Å². The van der Waals surface area contributed by atoms with Gasteiger partial charge in [0.05, 0.1) is 11.8 Å². The Labute approximate surface area is 133 Å². The normalized spacial score (nSPS) is 19.6. The Morgan fingerprint density at radius 2 is 2.32 bits per heavy atom. The number of sulfonamides is 1. The second-order valence-corrected chi connectivity index (χ2v) is 8.44. The van der Waals surface area contributed by atoms with Crippen LogP contribution in [0, 0.1) is 0 Å². The van der Waals surface area contributed by atoms with E-state index >= 15 is 0 Å². The Morgan fingerprint density at radius 3 is 2.95 bits per heavy atom. The molecule has 0 N–H and O–H groups in total. The maximum Gasteiger partial charge on any atom is 0.252 e. The van der Waals surface area contributed by atoms with Crippen molar-refractivity contribution in [1.82, 2.24) is 14.1 Å². The number of aromatic nitrogens is 2. The minimum absolute atomic E-state index is 0.0635. The molecule has 0 amide bonds. The highest BCUT2D eigenvalue weighted by Gasteiger charge is 2.37. The van der Waals surface area contributed by atoms with Gasteiger partial charge in [0.2, 0.25) is 0 Å². The third-order valence-electron chi connectivity index (χ3n) is 3.83. The van der Waals surface area contributed by atoms with Crippen molar-refractivity contribution < 1.29 is 13.2 Å². The Kier molecular flexibility index (Phi) is 4.16. The fraction of sp³-hybridized carbons (Fsp3) is 0.429. The summed E-state index contributed by atoms with van der Waals surface area (Å²) in [5.74, 6) is -0.0635. The van der Waals surface area contributed by atoms with E-state index in [0.29, 0.717) is 16.3 Å². The topological polar surface area (TPSA) is 72.3 Å². The number of rotatable bonds is 5. The van der Waals surface area contributed by atoms with E-state index in [1.54, 1.807) is 35.4 Å². The highest BCUT2D eigenvalue weighted by atomic mass is 32.2. The van der Waals surface area contributed by atoms with Crippen LogP contribution in [0.3, 0.4) is 0 Å². The fourth-order valence-electron chi connectivity index (χ4n) is 2.75. The summed E-state index contributed by atoms with van der Waals surface area (Å²) in [6.07, 6.45) is 4.90. The van der Waals surface area contributed by atoms with Crippen molar-refractivity contribution in [2.75, 3.05) is 6.54 Å². The number of Topliss-reactive ketones (excluding diaryl/α,β-unsaturated/α-hetero) is 1. The molecule has 22 heavy (non-hydrogen) atoms. The fourth-order valence-corrected chi connectivity index (χ4v) is 5.56. The molecule has 1 fully saturated rings. The zero-order chi connectivity index (χ0) is 15.7. The van der Waals surface area contributed by atoms with Crippen molar-refractivity contribution in [3.8, 4) is 0 Å². The molecule has 6 nitrogen and oxygen atoms in total. The molecule has 0 spiro atoms. The van der Waals surface area contributed by atoms with Gasteiger partial charge in [-0.15, -0.1) is 11.3 Å². The van der Waals surface area contributed by atoms with Gasteiger partial charge in [-0.1, -0.05) is 6.07 Å². The Morgan fingerprint density at radius 1 is 1.50 bits per heavy atom. The van der Waals surface area contributed by atoms with Crippen LogP contribution in [0.1, 0.15) is 29.6 Å². The van der Waals surface area contributed by atoms with Crippen LogP contribution < -0.4 is 0 Å². The predicted octanol–water partition coefficient (Wildman–Crippen LogP) is 1.91. The molecule has 0 aliphatic carbocycles. The first kappa shape index (κ1) is 15.4. The maximum absolute atomic E-state index is 12.6. The van der Waals surface area contributed by atoms with Crippen LogP contribution in [0.25, 0.3) is 0 Å². The van der Waals surface area contributed by atoms with Gasteiger partial charge in [0, 0.05) is 32.3 Å². The quantitative estimate of drug-likeness (QED) is 0.780. The zero-order valence-electron chi connectivity index (χ0n) is 12.2. The SMILES string of the molecule is Cn1cc(C(=O)C[C@H]2CCCN2S(=O)(=O)c2cccs2)cn1. The van der Waals surface area contributed by atoms with Crippen LogP contribution in [0.5, 0.6) is 0 Å². The zero-order valence-corrected chi connectivity index (χ0v) is 13.8. The van der Waals surface area contributed by atoms with E-state index in [-0.39, 0.29) is 18.2 Å². The summed E-state index contributed by atoms with van der Waals surface area (Å²) in [6, 6.07) is 3.07. The Hall–Kier alpha value is -1.51. The van der Waals surface area contributed by atoms with Gasteiger partial charge in [0.25, 0.3) is 10.0 Å². The average molecular weight is 339 g/mol. The van der Waals surface area contributed by atoms with Crippen LogP contribution in [-0.2, 0) is 17.1 Å². The largest absolute Gasteiger partial charge is 0.294 e. The van der Waals surface area contributed by atoms with Crippen LogP contribution in [0.2, 0.25) is 0 Å². The van der Waals surface area contributed by atoms with Crippen LogP contribution >= 0.6 is 11.3 Å². The highest BCUT2D eigenvalue weighted by molar-refractivity contribution is 7.91. The van der Waals surface area contributed by atoms with Crippen molar-refractivity contribution in [2.45, 2.75) is 29.5 Å². The molecule has 1 saturated heterocycles. The van der Waals surface area contributed by atoms with Gasteiger partial charge in [-0.2, -0.15) is 9.40 Å². The van der Waals surface area contributed by atoms with E-state index in [1.165, 1.54) is 21.8 Å². The standard InChI is InChI=1S/C14H17N3O3S2/c1-16-10-11(9-15-16)13(18)8-12-4-2-6-17(12)22(19,20)14-5-3-7-21-14/h3,5,7,9-10,12H,2,4,6,8H2,1H3/t12-/m1/s1. The van der Waals surface area contributed by atoms with E-state index in [9.17, 15) is 13.2 Å². The van der Waals surface area contributed by atoms with Crippen molar-refractivity contribution in [3.63, 3.8) is 0 Å². The summed E-state index contributed by atoms with van der Waals surface area (Å²) in [5, 5.41) is 5.74. The predicted molar refractivity (Wildman–Crippen MR) is 83.4 cm³/mol. The third-order valence-corrected chi connectivity index (χ3v) is 7.15. The van der Waals surface area contributed by atoms with Crippen LogP contribution in [0.4, 0.5) is 0 Å². The average Bonchev–Trinajstić information content (AvgIpc) is 3.19. The van der Waals surface area contributed by atoms with E-state index in [2.05, 4.69) is 5.10 Å². The Bertz CT molecular complexity index is 765. The molecule has 1 aliphatic rings. The highest BCUT2D eigenvalue weighted by Crippen LogP contribution is 2.30. The molecular weight excluding hydrogens is 322 g/mol. The first-order valence-electron chi connectivity index (χ1n) is 7.05. The summed E-state index contributed by atoms with van der Waals surface area (Å²) < 4.78 is 28.7. The van der Waals surface area contributed by atoms with Gasteiger partial charge in [-0.25, -0.2) is 8.42 Å². The second-order valence-electron chi connectivity index (χ2n) is 5.37. The lowest BCUT2D eigenvalue weighted by atomic mass is 10.1. The smallest absolute Gasteiger partial charge is 0.252 e. The molecule has 1 atom stereocenters. The van der Waals surface area contributed by atoms with E-state index < -0.39 is 10.0 Å². The van der Waals surface area contributed by atoms with Gasteiger partial charge in [-0.05, 0) is 24.3 Å². The van der Waals surface area contributed by atoms with Crippen molar-refractivity contribution >= 4 is 27.1 Å². The lowest BCUT2D eigenvalue weighted by Crippen LogP contribution is -2.36. The van der Waals surface area contributed by atoms with E-state index in [0.717, 1.165) is 12.8 Å². The molecule has 8 heteroatoms. The van der Waals surface area contributed by atoms with Crippen molar-refractivity contribution in [2.24, 2.45) is 7.05 Å². The number of carbonyl (C=O) groups excluding carboxylic acids is 1. The first-order valence-corrected chi connectivity index (χ1v) is 9.37. The lowest BCUT2D eigenvalue weighted by molar-refractivity contribution is 0.0961. The molecule has 3 heterocycles. The number of carbonyl (C=O) groups is 1. The molecule has 0 saturated carbocycles. The molecule has 118 valence electrons. The summed E-state index contributed by atoms with van der Waals surface area (Å²) in [4.78, 5) is 12.3. The molecule has 0 radical (unpaired) electrons. The van der Waals surface area contributed by atoms with Gasteiger partial charge >= 0.3 is 0 Å². The number of ketones is 1. The number of hydrogen-bond acceptors (Lipinski definition) is 5. The maximum atomic E-state index is 12.6. The van der Waals surface area contributed by atoms with E-state index in [4.69, 9.17) is 0 Å². The van der Waals surface area contributed by atoms with Crippen molar-refractivity contribution in [3.05, 3.63) is 35.5 Å². The third kappa shape index (κ3) is 2.86. The van der Waals surface area contributed by atoms with Gasteiger partial charge in [-0.3, -0.25) is 9.48 Å². The minimum atomic E-state index is -3.49. The van der Waals surface area contributed by atoms with Gasteiger partial charge in [0.1, 0.15) is 4.21 Å². The number of hydrogen-bond donors (Lipinski definition) is 0. The summed E-state index contributed by atoms with van der Waals surface area (Å²) in [6.45, 7) is 0.477. The number of aryl methyl sites for hydroxylation is 1. The van der Waals surface area contributed by atoms with Gasteiger partial charge in [0.15, 0.2) is 5.78 Å².